The fourth-order valence-corrected chi connectivity index (χ4v) is 1.24. The second-order valence-corrected chi connectivity index (χ2v) is 3.32. The van der Waals surface area contributed by atoms with Crippen LogP contribution in [0.5, 0.6) is 11.5 Å². The lowest BCUT2D eigenvalue weighted by molar-refractivity contribution is -0.134. The Morgan fingerprint density at radius 1 is 1.10 bits per heavy atom. The minimum absolute atomic E-state index is 0.271. The Morgan fingerprint density at radius 3 is 2.25 bits per heavy atom. The maximum absolute atomic E-state index is 12.2. The van der Waals surface area contributed by atoms with Gasteiger partial charge < -0.3 is 14.2 Å². The van der Waals surface area contributed by atoms with E-state index in [1.165, 1.54) is 12.1 Å². The Hall–Kier alpha value is -2.25. The van der Waals surface area contributed by atoms with Gasteiger partial charge in [0.15, 0.2) is 11.5 Å². The highest BCUT2D eigenvalue weighted by Gasteiger charge is 2.14. The molecule has 0 bridgehead atoms. The number of carbonyl (C=O) groups excluding carboxylic acids is 1. The number of esters is 1. The van der Waals surface area contributed by atoms with Crippen LogP contribution >= 0.6 is 0 Å². The Bertz CT molecular complexity index is 488. The predicted molar refractivity (Wildman–Crippen MR) is 60.8 cm³/mol. The van der Waals surface area contributed by atoms with Gasteiger partial charge in [0.05, 0.1) is 7.11 Å². The van der Waals surface area contributed by atoms with Gasteiger partial charge in [-0.15, -0.1) is 0 Å². The molecule has 0 atom stereocenters. The van der Waals surface area contributed by atoms with Crippen molar-refractivity contribution in [1.82, 2.24) is 0 Å². The molecule has 0 aliphatic heterocycles. The van der Waals surface area contributed by atoms with Gasteiger partial charge in [-0.2, -0.15) is 17.6 Å². The molecule has 0 radical (unpaired) electrons. The number of benzene rings is 1. The monoisotopic (exact) mass is 294 g/mol. The van der Waals surface area contributed by atoms with Crippen molar-refractivity contribution < 1.29 is 36.6 Å². The molecule has 0 fully saturated rings. The number of hydrogen-bond donors (Lipinski definition) is 0. The first kappa shape index (κ1) is 15.8. The maximum Gasteiger partial charge on any atom is 0.387 e. The van der Waals surface area contributed by atoms with Crippen LogP contribution in [0.25, 0.3) is 6.08 Å². The van der Waals surface area contributed by atoms with Crippen molar-refractivity contribution in [2.45, 2.75) is 13.2 Å². The maximum atomic E-state index is 12.2. The molecule has 20 heavy (non-hydrogen) atoms. The van der Waals surface area contributed by atoms with Crippen LogP contribution in [0.3, 0.4) is 0 Å². The fraction of sp³-hybridized carbons (Fsp3) is 0.250. The third-order valence-corrected chi connectivity index (χ3v) is 2.01. The van der Waals surface area contributed by atoms with E-state index >= 15 is 0 Å². The lowest BCUT2D eigenvalue weighted by Crippen LogP contribution is -2.07. The summed E-state index contributed by atoms with van der Waals surface area (Å²) in [5, 5.41) is 0. The minimum Gasteiger partial charge on any atom is -0.466 e. The second-order valence-electron chi connectivity index (χ2n) is 3.32. The highest BCUT2D eigenvalue weighted by Crippen LogP contribution is 2.31. The summed E-state index contributed by atoms with van der Waals surface area (Å²) in [6.45, 7) is -6.37. The van der Waals surface area contributed by atoms with Crippen LogP contribution in [0.4, 0.5) is 17.6 Å². The fourth-order valence-electron chi connectivity index (χ4n) is 1.24. The van der Waals surface area contributed by atoms with Crippen molar-refractivity contribution in [3.05, 3.63) is 29.8 Å². The number of ether oxygens (including phenoxy) is 3. The molecule has 0 N–H and O–H groups in total. The molecule has 1 rings (SSSR count). The number of carbonyl (C=O) groups is 1. The molecular formula is C12H10F4O4. The highest BCUT2D eigenvalue weighted by molar-refractivity contribution is 5.87. The molecule has 0 amide bonds. The average Bonchev–Trinajstić information content (AvgIpc) is 2.37. The molecule has 0 aliphatic rings. The number of methoxy groups -OCH3 is 1. The van der Waals surface area contributed by atoms with Crippen LogP contribution in [-0.2, 0) is 9.53 Å². The van der Waals surface area contributed by atoms with E-state index in [9.17, 15) is 22.4 Å². The van der Waals surface area contributed by atoms with Crippen LogP contribution < -0.4 is 9.47 Å². The summed E-state index contributed by atoms with van der Waals surface area (Å²) >= 11 is 0. The molecule has 0 aromatic heterocycles. The molecule has 110 valence electrons. The summed E-state index contributed by atoms with van der Waals surface area (Å²) in [7, 11) is 1.16. The zero-order valence-electron chi connectivity index (χ0n) is 10.2. The van der Waals surface area contributed by atoms with Gasteiger partial charge in [-0.1, -0.05) is 6.07 Å². The SMILES string of the molecule is COC(=O)C=Cc1ccc(OC(F)F)c(OC(F)F)c1. The number of alkyl halides is 4. The summed E-state index contributed by atoms with van der Waals surface area (Å²) in [6, 6.07) is 3.35. The van der Waals surface area contributed by atoms with E-state index in [1.807, 2.05) is 0 Å². The Labute approximate surface area is 111 Å². The van der Waals surface area contributed by atoms with Crippen LogP contribution in [0, 0.1) is 0 Å². The van der Waals surface area contributed by atoms with Gasteiger partial charge in [0, 0.05) is 6.08 Å². The number of rotatable bonds is 6. The first-order valence-corrected chi connectivity index (χ1v) is 5.22. The van der Waals surface area contributed by atoms with Gasteiger partial charge in [0.2, 0.25) is 0 Å². The van der Waals surface area contributed by atoms with Crippen molar-refractivity contribution in [3.8, 4) is 11.5 Å². The van der Waals surface area contributed by atoms with Crippen LogP contribution in [0.1, 0.15) is 5.56 Å². The van der Waals surface area contributed by atoms with Gasteiger partial charge in [-0.3, -0.25) is 0 Å². The molecule has 0 aliphatic carbocycles. The second kappa shape index (κ2) is 7.37. The normalized spacial score (nSPS) is 11.2. The van der Waals surface area contributed by atoms with Gasteiger partial charge in [0.25, 0.3) is 0 Å². The number of hydrogen-bond acceptors (Lipinski definition) is 4. The lowest BCUT2D eigenvalue weighted by atomic mass is 10.2. The Kier molecular flexibility index (Phi) is 5.82. The summed E-state index contributed by atoms with van der Waals surface area (Å²) in [4.78, 5) is 10.9. The smallest absolute Gasteiger partial charge is 0.387 e. The van der Waals surface area contributed by atoms with Gasteiger partial charge in [0.1, 0.15) is 0 Å². The first-order chi connectivity index (χ1) is 9.42. The molecule has 0 unspecified atom stereocenters. The summed E-state index contributed by atoms with van der Waals surface area (Å²) in [5.41, 5.74) is 0.271. The van der Waals surface area contributed by atoms with E-state index in [0.29, 0.717) is 0 Å². The Morgan fingerprint density at radius 2 is 1.70 bits per heavy atom. The molecule has 0 saturated carbocycles. The number of halogens is 4. The average molecular weight is 294 g/mol. The van der Waals surface area contributed by atoms with E-state index in [0.717, 1.165) is 25.3 Å². The summed E-state index contributed by atoms with van der Waals surface area (Å²) < 4.78 is 61.0. The van der Waals surface area contributed by atoms with E-state index in [2.05, 4.69) is 14.2 Å². The van der Waals surface area contributed by atoms with Gasteiger partial charge in [-0.25, -0.2) is 4.79 Å². The third kappa shape index (κ3) is 5.17. The first-order valence-electron chi connectivity index (χ1n) is 5.22. The lowest BCUT2D eigenvalue weighted by Gasteiger charge is -2.12. The topological polar surface area (TPSA) is 44.8 Å². The van der Waals surface area contributed by atoms with Crippen molar-refractivity contribution in [1.29, 1.82) is 0 Å². The summed E-state index contributed by atoms with van der Waals surface area (Å²) in [5.74, 6) is -1.75. The molecule has 0 saturated heterocycles. The van der Waals surface area contributed by atoms with Crippen LogP contribution in [0.2, 0.25) is 0 Å². The van der Waals surface area contributed by atoms with E-state index in [4.69, 9.17) is 0 Å². The quantitative estimate of drug-likeness (QED) is 0.459. The predicted octanol–water partition coefficient (Wildman–Crippen LogP) is 3.08. The van der Waals surface area contributed by atoms with Gasteiger partial charge in [-0.05, 0) is 23.8 Å². The van der Waals surface area contributed by atoms with Crippen molar-refractivity contribution >= 4 is 12.0 Å². The van der Waals surface area contributed by atoms with E-state index in [1.54, 1.807) is 0 Å². The van der Waals surface area contributed by atoms with E-state index in [-0.39, 0.29) is 5.56 Å². The zero-order valence-corrected chi connectivity index (χ0v) is 10.2. The summed E-state index contributed by atoms with van der Waals surface area (Å²) in [6.07, 6.45) is 2.28. The Balaban J connectivity index is 3.00. The van der Waals surface area contributed by atoms with Crippen molar-refractivity contribution in [3.63, 3.8) is 0 Å². The molecule has 0 spiro atoms. The standard InChI is InChI=1S/C12H10F4O4/c1-18-10(17)5-3-7-2-4-8(19-11(13)14)9(6-7)20-12(15)16/h2-6,11-12H,1H3. The minimum atomic E-state index is -3.20. The third-order valence-electron chi connectivity index (χ3n) is 2.01. The highest BCUT2D eigenvalue weighted by atomic mass is 19.3. The molecule has 4 nitrogen and oxygen atoms in total. The van der Waals surface area contributed by atoms with Gasteiger partial charge >= 0.3 is 19.2 Å². The van der Waals surface area contributed by atoms with E-state index < -0.39 is 30.7 Å². The van der Waals surface area contributed by atoms with Crippen LogP contribution in [-0.4, -0.2) is 26.3 Å². The largest absolute Gasteiger partial charge is 0.466 e. The zero-order chi connectivity index (χ0) is 15.1. The molecule has 0 heterocycles. The molecule has 8 heteroatoms. The van der Waals surface area contributed by atoms with Crippen molar-refractivity contribution in [2.75, 3.05) is 7.11 Å². The van der Waals surface area contributed by atoms with Crippen LogP contribution in [0.15, 0.2) is 24.3 Å². The van der Waals surface area contributed by atoms with Crippen molar-refractivity contribution in [2.24, 2.45) is 0 Å². The molecule has 1 aromatic rings. The molecule has 1 aromatic carbocycles. The molecular weight excluding hydrogens is 284 g/mol.